The SMILES string of the molecule is C#CC(C)Oc1nc(N)nc(N(CC)CC)n1. The first kappa shape index (κ1) is 13.0. The first-order valence-corrected chi connectivity index (χ1v) is 5.50. The standard InChI is InChI=1S/C11H17N5O/c1-5-8(4)17-11-14-9(12)13-10(15-11)16(6-2)7-3/h1,8H,6-7H2,2-4H3,(H2,12,13,14,15). The second-order valence-electron chi connectivity index (χ2n) is 3.38. The van der Waals surface area contributed by atoms with Gasteiger partial charge in [-0.25, -0.2) is 0 Å². The molecule has 92 valence electrons. The number of terminal acetylenes is 1. The van der Waals surface area contributed by atoms with Gasteiger partial charge in [-0.2, -0.15) is 15.0 Å². The van der Waals surface area contributed by atoms with Crippen molar-refractivity contribution in [1.82, 2.24) is 15.0 Å². The van der Waals surface area contributed by atoms with Crippen molar-refractivity contribution in [2.75, 3.05) is 23.7 Å². The molecule has 0 saturated heterocycles. The highest BCUT2D eigenvalue weighted by atomic mass is 16.5. The third kappa shape index (κ3) is 3.48. The molecule has 17 heavy (non-hydrogen) atoms. The minimum Gasteiger partial charge on any atom is -0.447 e. The van der Waals surface area contributed by atoms with Gasteiger partial charge in [0, 0.05) is 13.1 Å². The lowest BCUT2D eigenvalue weighted by molar-refractivity contribution is 0.256. The number of anilines is 2. The van der Waals surface area contributed by atoms with E-state index in [0.29, 0.717) is 5.95 Å². The summed E-state index contributed by atoms with van der Waals surface area (Å²) in [6.07, 6.45) is 4.82. The van der Waals surface area contributed by atoms with Gasteiger partial charge in [-0.15, -0.1) is 6.42 Å². The molecule has 0 saturated carbocycles. The van der Waals surface area contributed by atoms with E-state index in [-0.39, 0.29) is 12.0 Å². The highest BCUT2D eigenvalue weighted by Gasteiger charge is 2.11. The molecule has 0 aliphatic rings. The molecule has 0 aliphatic heterocycles. The first-order valence-electron chi connectivity index (χ1n) is 5.50. The third-order valence-electron chi connectivity index (χ3n) is 2.18. The Morgan fingerprint density at radius 3 is 2.53 bits per heavy atom. The van der Waals surface area contributed by atoms with Crippen molar-refractivity contribution in [3.8, 4) is 18.4 Å². The van der Waals surface area contributed by atoms with Crippen LogP contribution >= 0.6 is 0 Å². The van der Waals surface area contributed by atoms with Crippen molar-refractivity contribution in [2.45, 2.75) is 26.9 Å². The van der Waals surface area contributed by atoms with Gasteiger partial charge in [0.25, 0.3) is 0 Å². The number of nitrogen functional groups attached to an aromatic ring is 1. The van der Waals surface area contributed by atoms with Crippen molar-refractivity contribution < 1.29 is 4.74 Å². The van der Waals surface area contributed by atoms with Gasteiger partial charge in [-0.3, -0.25) is 0 Å². The fourth-order valence-electron chi connectivity index (χ4n) is 1.25. The summed E-state index contributed by atoms with van der Waals surface area (Å²) >= 11 is 0. The van der Waals surface area contributed by atoms with E-state index < -0.39 is 6.10 Å². The Bertz CT molecular complexity index is 411. The van der Waals surface area contributed by atoms with Gasteiger partial charge >= 0.3 is 6.01 Å². The zero-order valence-electron chi connectivity index (χ0n) is 10.3. The second kappa shape index (κ2) is 5.89. The Kier molecular flexibility index (Phi) is 4.52. The summed E-state index contributed by atoms with van der Waals surface area (Å²) in [5, 5.41) is 0. The molecular weight excluding hydrogens is 218 g/mol. The van der Waals surface area contributed by atoms with Crippen LogP contribution < -0.4 is 15.4 Å². The van der Waals surface area contributed by atoms with Crippen molar-refractivity contribution in [1.29, 1.82) is 0 Å². The fraction of sp³-hybridized carbons (Fsp3) is 0.545. The van der Waals surface area contributed by atoms with Crippen LogP contribution in [0.1, 0.15) is 20.8 Å². The van der Waals surface area contributed by atoms with Gasteiger partial charge in [0.2, 0.25) is 11.9 Å². The summed E-state index contributed by atoms with van der Waals surface area (Å²) in [4.78, 5) is 14.1. The van der Waals surface area contributed by atoms with E-state index >= 15 is 0 Å². The third-order valence-corrected chi connectivity index (χ3v) is 2.18. The molecule has 1 heterocycles. The van der Waals surface area contributed by atoms with Crippen molar-refractivity contribution in [2.24, 2.45) is 0 Å². The highest BCUT2D eigenvalue weighted by Crippen LogP contribution is 2.13. The molecule has 6 heteroatoms. The van der Waals surface area contributed by atoms with E-state index in [1.165, 1.54) is 0 Å². The zero-order chi connectivity index (χ0) is 12.8. The van der Waals surface area contributed by atoms with Crippen LogP contribution in [0.4, 0.5) is 11.9 Å². The largest absolute Gasteiger partial charge is 0.447 e. The van der Waals surface area contributed by atoms with Crippen LogP contribution in [0.5, 0.6) is 6.01 Å². The average Bonchev–Trinajstić information content (AvgIpc) is 2.29. The van der Waals surface area contributed by atoms with E-state index in [1.54, 1.807) is 6.92 Å². The molecule has 1 rings (SSSR count). The van der Waals surface area contributed by atoms with E-state index in [4.69, 9.17) is 16.9 Å². The van der Waals surface area contributed by atoms with E-state index in [1.807, 2.05) is 18.7 Å². The Hall–Kier alpha value is -2.03. The van der Waals surface area contributed by atoms with Crippen LogP contribution in [0, 0.1) is 12.3 Å². The van der Waals surface area contributed by atoms with Gasteiger partial charge in [0.05, 0.1) is 0 Å². The van der Waals surface area contributed by atoms with Gasteiger partial charge in [-0.05, 0) is 20.8 Å². The molecule has 0 amide bonds. The van der Waals surface area contributed by atoms with Crippen LogP contribution in [0.2, 0.25) is 0 Å². The van der Waals surface area contributed by atoms with Gasteiger partial charge in [0.15, 0.2) is 6.10 Å². The normalized spacial score (nSPS) is 11.6. The molecule has 0 bridgehead atoms. The minimum atomic E-state index is -0.402. The van der Waals surface area contributed by atoms with Crippen LogP contribution in [0.25, 0.3) is 0 Å². The van der Waals surface area contributed by atoms with Crippen molar-refractivity contribution in [3.63, 3.8) is 0 Å². The summed E-state index contributed by atoms with van der Waals surface area (Å²) in [5.41, 5.74) is 5.60. The number of hydrogen-bond donors (Lipinski definition) is 1. The average molecular weight is 235 g/mol. The number of nitrogens with two attached hydrogens (primary N) is 1. The second-order valence-corrected chi connectivity index (χ2v) is 3.38. The monoisotopic (exact) mass is 235 g/mol. The topological polar surface area (TPSA) is 77.2 Å². The van der Waals surface area contributed by atoms with Crippen molar-refractivity contribution >= 4 is 11.9 Å². The van der Waals surface area contributed by atoms with E-state index in [0.717, 1.165) is 13.1 Å². The molecule has 1 aromatic heterocycles. The van der Waals surface area contributed by atoms with Crippen LogP contribution in [-0.4, -0.2) is 34.1 Å². The number of ether oxygens (including phenoxy) is 1. The maximum Gasteiger partial charge on any atom is 0.324 e. The molecule has 1 unspecified atom stereocenters. The summed E-state index contributed by atoms with van der Waals surface area (Å²) in [6.45, 7) is 7.31. The smallest absolute Gasteiger partial charge is 0.324 e. The Morgan fingerprint density at radius 1 is 1.35 bits per heavy atom. The predicted octanol–water partition coefficient (Wildman–Crippen LogP) is 0.700. The number of rotatable bonds is 5. The molecule has 1 atom stereocenters. The van der Waals surface area contributed by atoms with Crippen LogP contribution in [0.3, 0.4) is 0 Å². The molecule has 2 N–H and O–H groups in total. The molecule has 0 aliphatic carbocycles. The maximum atomic E-state index is 5.60. The predicted molar refractivity (Wildman–Crippen MR) is 66.7 cm³/mol. The Balaban J connectivity index is 2.98. The zero-order valence-corrected chi connectivity index (χ0v) is 10.3. The summed E-state index contributed by atoms with van der Waals surface area (Å²) < 4.78 is 5.32. The minimum absolute atomic E-state index is 0.126. The first-order chi connectivity index (χ1) is 8.10. The molecule has 0 fully saturated rings. The molecule has 1 aromatic rings. The van der Waals surface area contributed by atoms with Gasteiger partial charge < -0.3 is 15.4 Å². The summed E-state index contributed by atoms with van der Waals surface area (Å²) in [5.74, 6) is 3.06. The lowest BCUT2D eigenvalue weighted by Crippen LogP contribution is -2.25. The quantitative estimate of drug-likeness (QED) is 0.757. The molecular formula is C11H17N5O. The van der Waals surface area contributed by atoms with E-state index in [9.17, 15) is 0 Å². The maximum absolute atomic E-state index is 5.60. The van der Waals surface area contributed by atoms with Crippen LogP contribution in [0.15, 0.2) is 0 Å². The highest BCUT2D eigenvalue weighted by molar-refractivity contribution is 5.35. The summed E-state index contributed by atoms with van der Waals surface area (Å²) in [7, 11) is 0. The van der Waals surface area contributed by atoms with Gasteiger partial charge in [0.1, 0.15) is 0 Å². The Labute approximate surface area is 101 Å². The summed E-state index contributed by atoms with van der Waals surface area (Å²) in [6, 6.07) is 0.157. The Morgan fingerprint density at radius 2 is 2.00 bits per heavy atom. The lowest BCUT2D eigenvalue weighted by atomic mass is 10.4. The molecule has 0 aromatic carbocycles. The lowest BCUT2D eigenvalue weighted by Gasteiger charge is -2.19. The van der Waals surface area contributed by atoms with Gasteiger partial charge in [-0.1, -0.05) is 5.92 Å². The molecule has 0 radical (unpaired) electrons. The van der Waals surface area contributed by atoms with Crippen LogP contribution in [-0.2, 0) is 0 Å². The number of hydrogen-bond acceptors (Lipinski definition) is 6. The number of aromatic nitrogens is 3. The van der Waals surface area contributed by atoms with E-state index in [2.05, 4.69) is 20.9 Å². The fourth-order valence-corrected chi connectivity index (χ4v) is 1.25. The van der Waals surface area contributed by atoms with Crippen molar-refractivity contribution in [3.05, 3.63) is 0 Å². The molecule has 6 nitrogen and oxygen atoms in total. The molecule has 0 spiro atoms. The number of nitrogens with zero attached hydrogens (tertiary/aromatic N) is 4.